The molecule has 0 atom stereocenters. The molecular weight excluding hydrogens is 316 g/mol. The van der Waals surface area contributed by atoms with Crippen LogP contribution in [0.3, 0.4) is 0 Å². The molecule has 2 rings (SSSR count). The molecular formula is C14H12BrF2NO. The largest absolute Gasteiger partial charge is 0.489 e. The van der Waals surface area contributed by atoms with E-state index in [4.69, 9.17) is 4.74 Å². The van der Waals surface area contributed by atoms with E-state index in [0.29, 0.717) is 13.2 Å². The van der Waals surface area contributed by atoms with Gasteiger partial charge in [0.2, 0.25) is 0 Å². The summed E-state index contributed by atoms with van der Waals surface area (Å²) in [7, 11) is 0. The van der Waals surface area contributed by atoms with E-state index in [0.717, 1.165) is 16.2 Å². The Morgan fingerprint density at radius 3 is 2.47 bits per heavy atom. The van der Waals surface area contributed by atoms with Gasteiger partial charge in [0.25, 0.3) is 0 Å². The highest BCUT2D eigenvalue weighted by Gasteiger charge is 2.04. The monoisotopic (exact) mass is 327 g/mol. The van der Waals surface area contributed by atoms with Crippen LogP contribution in [-0.4, -0.2) is 13.2 Å². The maximum atomic E-state index is 13.3. The predicted octanol–water partition coefficient (Wildman–Crippen LogP) is 4.22. The molecule has 0 bridgehead atoms. The maximum Gasteiger partial charge on any atom is 0.167 e. The van der Waals surface area contributed by atoms with Crippen LogP contribution >= 0.6 is 15.9 Å². The van der Waals surface area contributed by atoms with E-state index in [1.54, 1.807) is 0 Å². The summed E-state index contributed by atoms with van der Waals surface area (Å²) in [5.41, 5.74) is 0.950. The molecule has 0 saturated heterocycles. The number of anilines is 1. The van der Waals surface area contributed by atoms with Crippen molar-refractivity contribution in [2.75, 3.05) is 18.5 Å². The molecule has 0 spiro atoms. The van der Waals surface area contributed by atoms with Gasteiger partial charge in [0, 0.05) is 22.8 Å². The predicted molar refractivity (Wildman–Crippen MR) is 74.5 cm³/mol. The first-order valence-electron chi connectivity index (χ1n) is 5.72. The number of ether oxygens (including phenoxy) is 1. The van der Waals surface area contributed by atoms with Crippen LogP contribution in [0.1, 0.15) is 0 Å². The molecule has 0 unspecified atom stereocenters. The molecule has 0 radical (unpaired) electrons. The Labute approximate surface area is 118 Å². The van der Waals surface area contributed by atoms with Crippen LogP contribution in [0.4, 0.5) is 14.5 Å². The number of hydrogen-bond donors (Lipinski definition) is 1. The molecule has 100 valence electrons. The first kappa shape index (κ1) is 13.8. The Balaban J connectivity index is 1.79. The van der Waals surface area contributed by atoms with E-state index >= 15 is 0 Å². The van der Waals surface area contributed by atoms with Gasteiger partial charge < -0.3 is 10.1 Å². The van der Waals surface area contributed by atoms with Gasteiger partial charge in [-0.15, -0.1) is 0 Å². The van der Waals surface area contributed by atoms with Crippen molar-refractivity contribution in [1.82, 2.24) is 0 Å². The van der Waals surface area contributed by atoms with Crippen LogP contribution in [0.15, 0.2) is 46.9 Å². The fourth-order valence-electron chi connectivity index (χ4n) is 1.52. The van der Waals surface area contributed by atoms with E-state index in [1.807, 2.05) is 24.3 Å². The van der Waals surface area contributed by atoms with Crippen LogP contribution in [0.5, 0.6) is 5.75 Å². The summed E-state index contributed by atoms with van der Waals surface area (Å²) in [5, 5.41) is 3.13. The topological polar surface area (TPSA) is 21.3 Å². The minimum Gasteiger partial charge on any atom is -0.489 e. The molecule has 0 aliphatic carbocycles. The van der Waals surface area contributed by atoms with Crippen LogP contribution in [0.2, 0.25) is 0 Å². The quantitative estimate of drug-likeness (QED) is 0.830. The number of halogens is 3. The standard InChI is InChI=1S/C14H12BrF2NO/c15-10-1-4-12(5-2-10)18-7-8-19-14-6-3-11(16)9-13(14)17/h1-6,9,18H,7-8H2. The third-order valence-electron chi connectivity index (χ3n) is 2.43. The first-order chi connectivity index (χ1) is 9.15. The minimum atomic E-state index is -0.691. The van der Waals surface area contributed by atoms with Crippen LogP contribution in [0, 0.1) is 11.6 Å². The highest BCUT2D eigenvalue weighted by Crippen LogP contribution is 2.17. The molecule has 19 heavy (non-hydrogen) atoms. The molecule has 0 amide bonds. The lowest BCUT2D eigenvalue weighted by molar-refractivity contribution is 0.314. The number of rotatable bonds is 5. The van der Waals surface area contributed by atoms with Crippen molar-refractivity contribution >= 4 is 21.6 Å². The summed E-state index contributed by atoms with van der Waals surface area (Å²) < 4.78 is 32.2. The minimum absolute atomic E-state index is 0.0546. The second-order valence-electron chi connectivity index (χ2n) is 3.86. The highest BCUT2D eigenvalue weighted by molar-refractivity contribution is 9.10. The lowest BCUT2D eigenvalue weighted by Gasteiger charge is -2.09. The molecule has 0 aliphatic heterocycles. The Morgan fingerprint density at radius 1 is 1.05 bits per heavy atom. The molecule has 0 saturated carbocycles. The number of hydrogen-bond acceptors (Lipinski definition) is 2. The summed E-state index contributed by atoms with van der Waals surface area (Å²) in [4.78, 5) is 0. The lowest BCUT2D eigenvalue weighted by atomic mass is 10.3. The number of benzene rings is 2. The molecule has 0 heterocycles. The van der Waals surface area contributed by atoms with Gasteiger partial charge in [-0.3, -0.25) is 0 Å². The van der Waals surface area contributed by atoms with Gasteiger partial charge in [-0.05, 0) is 36.4 Å². The van der Waals surface area contributed by atoms with Crippen LogP contribution in [0.25, 0.3) is 0 Å². The fourth-order valence-corrected chi connectivity index (χ4v) is 1.78. The molecule has 2 aromatic rings. The smallest absolute Gasteiger partial charge is 0.167 e. The second kappa shape index (κ2) is 6.52. The first-order valence-corrected chi connectivity index (χ1v) is 6.52. The second-order valence-corrected chi connectivity index (χ2v) is 4.77. The molecule has 0 fully saturated rings. The third-order valence-corrected chi connectivity index (χ3v) is 2.96. The van der Waals surface area contributed by atoms with Gasteiger partial charge in [-0.1, -0.05) is 15.9 Å². The zero-order valence-electron chi connectivity index (χ0n) is 10.00. The summed E-state index contributed by atoms with van der Waals surface area (Å²) >= 11 is 3.35. The zero-order valence-corrected chi connectivity index (χ0v) is 11.6. The van der Waals surface area contributed by atoms with Crippen molar-refractivity contribution in [2.45, 2.75) is 0 Å². The van der Waals surface area contributed by atoms with Crippen molar-refractivity contribution < 1.29 is 13.5 Å². The Kier molecular flexibility index (Phi) is 4.74. The Morgan fingerprint density at radius 2 is 1.79 bits per heavy atom. The summed E-state index contributed by atoms with van der Waals surface area (Å²) in [6, 6.07) is 10.9. The van der Waals surface area contributed by atoms with E-state index in [-0.39, 0.29) is 5.75 Å². The molecule has 2 nitrogen and oxygen atoms in total. The van der Waals surface area contributed by atoms with Crippen molar-refractivity contribution in [3.8, 4) is 5.75 Å². The van der Waals surface area contributed by atoms with Gasteiger partial charge in [0.15, 0.2) is 11.6 Å². The van der Waals surface area contributed by atoms with Gasteiger partial charge in [-0.25, -0.2) is 8.78 Å². The fraction of sp³-hybridized carbons (Fsp3) is 0.143. The van der Waals surface area contributed by atoms with Crippen LogP contribution < -0.4 is 10.1 Å². The highest BCUT2D eigenvalue weighted by atomic mass is 79.9. The van der Waals surface area contributed by atoms with Crippen molar-refractivity contribution in [3.05, 3.63) is 58.6 Å². The van der Waals surface area contributed by atoms with Crippen LogP contribution in [-0.2, 0) is 0 Å². The average Bonchev–Trinajstić information content (AvgIpc) is 2.39. The third kappa shape index (κ3) is 4.21. The van der Waals surface area contributed by atoms with Gasteiger partial charge in [0.1, 0.15) is 12.4 Å². The van der Waals surface area contributed by atoms with Gasteiger partial charge >= 0.3 is 0 Å². The summed E-state index contributed by atoms with van der Waals surface area (Å²) in [6.45, 7) is 0.817. The maximum absolute atomic E-state index is 13.3. The number of nitrogens with one attached hydrogen (secondary N) is 1. The molecule has 2 aromatic carbocycles. The van der Waals surface area contributed by atoms with Gasteiger partial charge in [-0.2, -0.15) is 0 Å². The molecule has 0 aromatic heterocycles. The van der Waals surface area contributed by atoms with E-state index in [1.165, 1.54) is 12.1 Å². The van der Waals surface area contributed by atoms with E-state index in [9.17, 15) is 8.78 Å². The van der Waals surface area contributed by atoms with Crippen molar-refractivity contribution in [3.63, 3.8) is 0 Å². The average molecular weight is 328 g/mol. The lowest BCUT2D eigenvalue weighted by Crippen LogP contribution is -2.12. The van der Waals surface area contributed by atoms with E-state index in [2.05, 4.69) is 21.2 Å². The Hall–Kier alpha value is -1.62. The van der Waals surface area contributed by atoms with E-state index < -0.39 is 11.6 Å². The molecule has 5 heteroatoms. The molecule has 0 aliphatic rings. The van der Waals surface area contributed by atoms with Crippen molar-refractivity contribution in [2.24, 2.45) is 0 Å². The normalized spacial score (nSPS) is 10.3. The zero-order chi connectivity index (χ0) is 13.7. The van der Waals surface area contributed by atoms with Gasteiger partial charge in [0.05, 0.1) is 0 Å². The Bertz CT molecular complexity index is 546. The summed E-state index contributed by atoms with van der Waals surface area (Å²) in [5.74, 6) is -1.25. The molecule has 1 N–H and O–H groups in total. The summed E-state index contributed by atoms with van der Waals surface area (Å²) in [6.07, 6.45) is 0. The van der Waals surface area contributed by atoms with Crippen molar-refractivity contribution in [1.29, 1.82) is 0 Å². The SMILES string of the molecule is Fc1ccc(OCCNc2ccc(Br)cc2)c(F)c1.